The molecular weight excluding hydrogens is 260 g/mol. The van der Waals surface area contributed by atoms with Gasteiger partial charge in [0.05, 0.1) is 12.2 Å². The van der Waals surface area contributed by atoms with E-state index >= 15 is 0 Å². The zero-order valence-electron chi connectivity index (χ0n) is 13.7. The van der Waals surface area contributed by atoms with Gasteiger partial charge >= 0.3 is 5.97 Å². The molecule has 0 bridgehead atoms. The van der Waals surface area contributed by atoms with Gasteiger partial charge in [0.25, 0.3) is 0 Å². The van der Waals surface area contributed by atoms with Crippen LogP contribution in [0, 0.1) is 0 Å². The Kier molecular flexibility index (Phi) is 9.60. The van der Waals surface area contributed by atoms with Crippen molar-refractivity contribution in [2.75, 3.05) is 6.61 Å². The van der Waals surface area contributed by atoms with Gasteiger partial charge in [-0.2, -0.15) is 0 Å². The van der Waals surface area contributed by atoms with Crippen molar-refractivity contribution in [3.8, 4) is 0 Å². The van der Waals surface area contributed by atoms with Crippen LogP contribution in [0.2, 0.25) is 0 Å². The lowest BCUT2D eigenvalue weighted by Crippen LogP contribution is -2.07. The van der Waals surface area contributed by atoms with E-state index in [1.165, 1.54) is 44.1 Å². The molecule has 1 aromatic carbocycles. The summed E-state index contributed by atoms with van der Waals surface area (Å²) in [5, 5.41) is 0. The number of carbonyl (C=O) groups excluding carboxylic acids is 1. The molecule has 0 saturated heterocycles. The SMILES string of the molecule is CCCCCCOC(=O)c1cccc(CCCCCC)c1. The first-order valence-corrected chi connectivity index (χ1v) is 8.54. The molecule has 2 heteroatoms. The van der Waals surface area contributed by atoms with Gasteiger partial charge < -0.3 is 4.74 Å². The monoisotopic (exact) mass is 290 g/mol. The van der Waals surface area contributed by atoms with E-state index in [1.54, 1.807) is 0 Å². The molecule has 0 atom stereocenters. The van der Waals surface area contributed by atoms with E-state index < -0.39 is 0 Å². The summed E-state index contributed by atoms with van der Waals surface area (Å²) in [4.78, 5) is 12.0. The molecule has 0 fully saturated rings. The molecule has 0 aliphatic rings. The maximum Gasteiger partial charge on any atom is 0.338 e. The third-order valence-electron chi connectivity index (χ3n) is 3.71. The first-order valence-electron chi connectivity index (χ1n) is 8.54. The minimum absolute atomic E-state index is 0.179. The highest BCUT2D eigenvalue weighted by atomic mass is 16.5. The fourth-order valence-corrected chi connectivity index (χ4v) is 2.39. The van der Waals surface area contributed by atoms with Crippen LogP contribution in [0.5, 0.6) is 0 Å². The predicted molar refractivity (Wildman–Crippen MR) is 88.7 cm³/mol. The number of rotatable bonds is 11. The fraction of sp³-hybridized carbons (Fsp3) is 0.632. The van der Waals surface area contributed by atoms with Gasteiger partial charge in [0.2, 0.25) is 0 Å². The summed E-state index contributed by atoms with van der Waals surface area (Å²) >= 11 is 0. The van der Waals surface area contributed by atoms with Crippen LogP contribution in [-0.2, 0) is 11.2 Å². The average Bonchev–Trinajstić information content (AvgIpc) is 2.51. The van der Waals surface area contributed by atoms with E-state index in [0.717, 1.165) is 19.3 Å². The van der Waals surface area contributed by atoms with Gasteiger partial charge in [-0.05, 0) is 37.0 Å². The van der Waals surface area contributed by atoms with Crippen LogP contribution in [-0.4, -0.2) is 12.6 Å². The molecule has 118 valence electrons. The van der Waals surface area contributed by atoms with Crippen LogP contribution in [0.15, 0.2) is 24.3 Å². The summed E-state index contributed by atoms with van der Waals surface area (Å²) in [5.74, 6) is -0.179. The zero-order chi connectivity index (χ0) is 15.3. The molecule has 0 unspecified atom stereocenters. The number of benzene rings is 1. The molecule has 1 aromatic rings. The second-order valence-corrected chi connectivity index (χ2v) is 5.71. The predicted octanol–water partition coefficient (Wildman–Crippen LogP) is 5.55. The molecule has 0 spiro atoms. The molecule has 0 saturated carbocycles. The number of unbranched alkanes of at least 4 members (excludes halogenated alkanes) is 6. The molecular formula is C19H30O2. The summed E-state index contributed by atoms with van der Waals surface area (Å²) in [6.45, 7) is 4.94. The van der Waals surface area contributed by atoms with Gasteiger partial charge in [-0.25, -0.2) is 4.79 Å². The first-order chi connectivity index (χ1) is 10.3. The molecule has 0 amide bonds. The molecule has 0 aromatic heterocycles. The number of carbonyl (C=O) groups is 1. The highest BCUT2D eigenvalue weighted by Crippen LogP contribution is 2.12. The topological polar surface area (TPSA) is 26.3 Å². The van der Waals surface area contributed by atoms with E-state index in [-0.39, 0.29) is 5.97 Å². The number of aryl methyl sites for hydroxylation is 1. The minimum atomic E-state index is -0.179. The van der Waals surface area contributed by atoms with Gasteiger partial charge in [0.15, 0.2) is 0 Å². The largest absolute Gasteiger partial charge is 0.462 e. The van der Waals surface area contributed by atoms with Gasteiger partial charge in [0, 0.05) is 0 Å². The third kappa shape index (κ3) is 7.89. The second-order valence-electron chi connectivity index (χ2n) is 5.71. The molecule has 2 nitrogen and oxygen atoms in total. The number of hydrogen-bond acceptors (Lipinski definition) is 2. The normalized spacial score (nSPS) is 10.6. The fourth-order valence-electron chi connectivity index (χ4n) is 2.39. The summed E-state index contributed by atoms with van der Waals surface area (Å²) < 4.78 is 5.33. The van der Waals surface area contributed by atoms with E-state index in [1.807, 2.05) is 18.2 Å². The van der Waals surface area contributed by atoms with Crippen LogP contribution >= 0.6 is 0 Å². The molecule has 21 heavy (non-hydrogen) atoms. The Morgan fingerprint density at radius 1 is 0.952 bits per heavy atom. The van der Waals surface area contributed by atoms with Crippen molar-refractivity contribution in [1.29, 1.82) is 0 Å². The van der Waals surface area contributed by atoms with Crippen molar-refractivity contribution < 1.29 is 9.53 Å². The smallest absolute Gasteiger partial charge is 0.338 e. The Balaban J connectivity index is 2.34. The first kappa shape index (κ1) is 17.7. The molecule has 1 rings (SSSR count). The Bertz CT molecular complexity index is 398. The maximum atomic E-state index is 12.0. The van der Waals surface area contributed by atoms with Crippen molar-refractivity contribution in [2.45, 2.75) is 71.6 Å². The molecule has 0 N–H and O–H groups in total. The quantitative estimate of drug-likeness (QED) is 0.394. The van der Waals surface area contributed by atoms with Crippen LogP contribution in [0.1, 0.15) is 81.1 Å². The lowest BCUT2D eigenvalue weighted by molar-refractivity contribution is 0.0497. The Hall–Kier alpha value is -1.31. The molecule has 0 aliphatic carbocycles. The van der Waals surface area contributed by atoms with Gasteiger partial charge in [0.1, 0.15) is 0 Å². The molecule has 0 heterocycles. The van der Waals surface area contributed by atoms with E-state index in [2.05, 4.69) is 19.9 Å². The average molecular weight is 290 g/mol. The zero-order valence-corrected chi connectivity index (χ0v) is 13.7. The number of hydrogen-bond donors (Lipinski definition) is 0. The van der Waals surface area contributed by atoms with Crippen LogP contribution in [0.4, 0.5) is 0 Å². The van der Waals surface area contributed by atoms with Crippen molar-refractivity contribution in [2.24, 2.45) is 0 Å². The standard InChI is InChI=1S/C19H30O2/c1-3-5-7-9-12-17-13-11-14-18(16-17)19(20)21-15-10-8-6-4-2/h11,13-14,16H,3-10,12,15H2,1-2H3. The maximum absolute atomic E-state index is 12.0. The van der Waals surface area contributed by atoms with Crippen molar-refractivity contribution >= 4 is 5.97 Å². The Labute approximate surface area is 129 Å². The van der Waals surface area contributed by atoms with Crippen molar-refractivity contribution in [3.63, 3.8) is 0 Å². The summed E-state index contributed by atoms with van der Waals surface area (Å²) in [6.07, 6.45) is 10.6. The summed E-state index contributed by atoms with van der Waals surface area (Å²) in [5.41, 5.74) is 1.94. The van der Waals surface area contributed by atoms with E-state index in [4.69, 9.17) is 4.74 Å². The van der Waals surface area contributed by atoms with Crippen LogP contribution < -0.4 is 0 Å². The molecule has 0 aliphatic heterocycles. The second kappa shape index (κ2) is 11.4. The summed E-state index contributed by atoms with van der Waals surface area (Å²) in [6, 6.07) is 7.90. The Morgan fingerprint density at radius 2 is 1.67 bits per heavy atom. The van der Waals surface area contributed by atoms with Gasteiger partial charge in [-0.1, -0.05) is 64.5 Å². The van der Waals surface area contributed by atoms with Crippen LogP contribution in [0.3, 0.4) is 0 Å². The van der Waals surface area contributed by atoms with Gasteiger partial charge in [-0.3, -0.25) is 0 Å². The summed E-state index contributed by atoms with van der Waals surface area (Å²) in [7, 11) is 0. The third-order valence-corrected chi connectivity index (χ3v) is 3.71. The van der Waals surface area contributed by atoms with Crippen molar-refractivity contribution in [3.05, 3.63) is 35.4 Å². The lowest BCUT2D eigenvalue weighted by atomic mass is 10.0. The Morgan fingerprint density at radius 3 is 2.38 bits per heavy atom. The van der Waals surface area contributed by atoms with Gasteiger partial charge in [-0.15, -0.1) is 0 Å². The minimum Gasteiger partial charge on any atom is -0.462 e. The van der Waals surface area contributed by atoms with E-state index in [9.17, 15) is 4.79 Å². The van der Waals surface area contributed by atoms with Crippen molar-refractivity contribution in [1.82, 2.24) is 0 Å². The van der Waals surface area contributed by atoms with Crippen LogP contribution in [0.25, 0.3) is 0 Å². The highest BCUT2D eigenvalue weighted by Gasteiger charge is 2.07. The number of ether oxygens (including phenoxy) is 1. The highest BCUT2D eigenvalue weighted by molar-refractivity contribution is 5.89. The lowest BCUT2D eigenvalue weighted by Gasteiger charge is -2.07. The van der Waals surface area contributed by atoms with E-state index in [0.29, 0.717) is 12.2 Å². The number of esters is 1. The molecule has 0 radical (unpaired) electrons.